The van der Waals surface area contributed by atoms with Gasteiger partial charge in [0, 0.05) is 0 Å². The zero-order chi connectivity index (χ0) is 26.8. The molecule has 2 unspecified atom stereocenters. The fraction of sp³-hybridized carbons (Fsp3) is 0.611. The molecular formula is C18H28O15. The van der Waals surface area contributed by atoms with Gasteiger partial charge in [0.15, 0.2) is 5.60 Å². The van der Waals surface area contributed by atoms with Crippen LogP contribution in [0, 0.1) is 5.92 Å². The number of unbranched alkanes of at least 4 members (excludes halogenated alkanes) is 1. The highest BCUT2D eigenvalue weighted by molar-refractivity contribution is 6.27. The Labute approximate surface area is 187 Å². The zero-order valence-corrected chi connectivity index (χ0v) is 17.9. The lowest BCUT2D eigenvalue weighted by molar-refractivity contribution is -0.172. The lowest BCUT2D eigenvalue weighted by Crippen LogP contribution is -2.43. The highest BCUT2D eigenvalue weighted by Gasteiger charge is 2.41. The number of hydrogen-bond acceptors (Lipinski definition) is 9. The first-order valence-corrected chi connectivity index (χ1v) is 9.29. The maximum absolute atomic E-state index is 11.6. The van der Waals surface area contributed by atoms with Crippen molar-refractivity contribution in [2.75, 3.05) is 6.61 Å². The minimum absolute atomic E-state index is 0.151. The van der Waals surface area contributed by atoms with Gasteiger partial charge in [0.1, 0.15) is 0 Å². The van der Waals surface area contributed by atoms with Crippen LogP contribution in [-0.2, 0) is 38.3 Å². The molecule has 0 fully saturated rings. The van der Waals surface area contributed by atoms with E-state index in [1.807, 2.05) is 6.92 Å². The van der Waals surface area contributed by atoms with E-state index in [1.54, 1.807) is 0 Å². The van der Waals surface area contributed by atoms with Crippen LogP contribution in [0.4, 0.5) is 0 Å². The Hall–Kier alpha value is -3.75. The van der Waals surface area contributed by atoms with Gasteiger partial charge in [0.05, 0.1) is 19.4 Å². The van der Waals surface area contributed by atoms with Crippen LogP contribution >= 0.6 is 0 Å². The Morgan fingerprint density at radius 2 is 1.18 bits per heavy atom. The summed E-state index contributed by atoms with van der Waals surface area (Å²) in [5.74, 6) is -11.3. The third-order valence-electron chi connectivity index (χ3n) is 3.67. The molecule has 0 heterocycles. The van der Waals surface area contributed by atoms with E-state index in [-0.39, 0.29) is 12.5 Å². The van der Waals surface area contributed by atoms with Crippen LogP contribution in [0.1, 0.15) is 52.4 Å². The molecule has 0 aromatic rings. The molecule has 0 saturated carbocycles. The molecule has 7 N–H and O–H groups in total. The van der Waals surface area contributed by atoms with Gasteiger partial charge in [0.2, 0.25) is 0 Å². The molecule has 0 aliphatic heterocycles. The van der Waals surface area contributed by atoms with E-state index in [0.29, 0.717) is 0 Å². The third-order valence-corrected chi connectivity index (χ3v) is 3.67. The van der Waals surface area contributed by atoms with Crippen molar-refractivity contribution in [3.63, 3.8) is 0 Å². The maximum Gasteiger partial charge on any atom is 0.414 e. The van der Waals surface area contributed by atoms with E-state index >= 15 is 0 Å². The van der Waals surface area contributed by atoms with Crippen LogP contribution in [-0.4, -0.2) is 89.7 Å². The molecule has 15 heteroatoms. The second kappa shape index (κ2) is 17.9. The van der Waals surface area contributed by atoms with Gasteiger partial charge in [-0.25, -0.2) is 24.0 Å². The fourth-order valence-electron chi connectivity index (χ4n) is 1.86. The number of carbonyl (C=O) groups excluding carboxylic acids is 1. The molecular weight excluding hydrogens is 456 g/mol. The molecule has 0 spiro atoms. The number of carboxylic acid groups (broad SMARTS) is 6. The van der Waals surface area contributed by atoms with E-state index in [4.69, 9.17) is 54.6 Å². The second-order valence-electron chi connectivity index (χ2n) is 6.40. The zero-order valence-electron chi connectivity index (χ0n) is 17.9. The Morgan fingerprint density at radius 3 is 1.45 bits per heavy atom. The normalized spacial score (nSPS) is 12.2. The third kappa shape index (κ3) is 19.9. The average Bonchev–Trinajstić information content (AvgIpc) is 2.68. The first-order valence-electron chi connectivity index (χ1n) is 9.29. The minimum Gasteiger partial charge on any atom is -0.481 e. The molecule has 0 aliphatic rings. The highest BCUT2D eigenvalue weighted by atomic mass is 16.5. The first kappa shape index (κ1) is 33.9. The Balaban J connectivity index is -0.000000611. The summed E-state index contributed by atoms with van der Waals surface area (Å²) in [4.78, 5) is 69.5. The molecule has 0 radical (unpaired) electrons. The number of ether oxygens (including phenoxy) is 1. The van der Waals surface area contributed by atoms with Crippen molar-refractivity contribution in [2.24, 2.45) is 5.92 Å². The van der Waals surface area contributed by atoms with Gasteiger partial charge in [0.25, 0.3) is 0 Å². The molecule has 0 saturated heterocycles. The predicted molar refractivity (Wildman–Crippen MR) is 104 cm³/mol. The van der Waals surface area contributed by atoms with Crippen molar-refractivity contribution in [3.8, 4) is 0 Å². The van der Waals surface area contributed by atoms with Crippen molar-refractivity contribution >= 4 is 41.8 Å². The van der Waals surface area contributed by atoms with Crippen LogP contribution in [0.15, 0.2) is 0 Å². The van der Waals surface area contributed by atoms with Crippen LogP contribution in [0.3, 0.4) is 0 Å². The van der Waals surface area contributed by atoms with Crippen molar-refractivity contribution in [3.05, 3.63) is 0 Å². The van der Waals surface area contributed by atoms with Gasteiger partial charge in [-0.2, -0.15) is 0 Å². The number of rotatable bonds is 11. The summed E-state index contributed by atoms with van der Waals surface area (Å²) in [6, 6.07) is 0. The molecule has 0 aromatic carbocycles. The van der Waals surface area contributed by atoms with E-state index in [9.17, 15) is 19.5 Å². The topological polar surface area (TPSA) is 270 Å². The number of carboxylic acids is 6. The van der Waals surface area contributed by atoms with Crippen LogP contribution in [0.25, 0.3) is 0 Å². The van der Waals surface area contributed by atoms with Crippen molar-refractivity contribution in [1.82, 2.24) is 0 Å². The van der Waals surface area contributed by atoms with Gasteiger partial charge >= 0.3 is 41.8 Å². The van der Waals surface area contributed by atoms with E-state index in [1.165, 1.54) is 0 Å². The van der Waals surface area contributed by atoms with Crippen LogP contribution in [0.5, 0.6) is 0 Å². The van der Waals surface area contributed by atoms with E-state index in [2.05, 4.69) is 6.92 Å². The van der Waals surface area contributed by atoms with Crippen molar-refractivity contribution in [2.45, 2.75) is 58.0 Å². The van der Waals surface area contributed by atoms with Crippen LogP contribution in [0.2, 0.25) is 0 Å². The molecule has 0 bridgehead atoms. The number of aliphatic carboxylic acids is 6. The summed E-state index contributed by atoms with van der Waals surface area (Å²) >= 11 is 0. The number of carbonyl (C=O) groups is 7. The second-order valence-corrected chi connectivity index (χ2v) is 6.40. The Kier molecular flexibility index (Phi) is 18.4. The fourth-order valence-corrected chi connectivity index (χ4v) is 1.86. The molecule has 0 rings (SSSR count). The van der Waals surface area contributed by atoms with Gasteiger partial charge < -0.3 is 40.5 Å². The van der Waals surface area contributed by atoms with Crippen LogP contribution < -0.4 is 0 Å². The predicted octanol–water partition coefficient (Wildman–Crippen LogP) is -0.262. The Morgan fingerprint density at radius 1 is 0.758 bits per heavy atom. The van der Waals surface area contributed by atoms with Gasteiger partial charge in [-0.05, 0) is 12.3 Å². The standard InChI is InChI=1S/C14H24O7.2C2H2O4/c1-3-5-6-10(4-2)9-21-12(17)8-14(20,13(18)19)7-11(15)16;2*3-1(4)2(5)6/h10,20H,3-9H2,1-2H3,(H,15,16)(H,18,19);2*(H,3,4)(H,5,6). The lowest BCUT2D eigenvalue weighted by Gasteiger charge is -2.21. The largest absolute Gasteiger partial charge is 0.481 e. The summed E-state index contributed by atoms with van der Waals surface area (Å²) in [6.45, 7) is 4.17. The smallest absolute Gasteiger partial charge is 0.414 e. The van der Waals surface area contributed by atoms with E-state index < -0.39 is 60.2 Å². The number of esters is 1. The molecule has 33 heavy (non-hydrogen) atoms. The summed E-state index contributed by atoms with van der Waals surface area (Å²) in [7, 11) is 0. The highest BCUT2D eigenvalue weighted by Crippen LogP contribution is 2.18. The van der Waals surface area contributed by atoms with Crippen molar-refractivity contribution in [1.29, 1.82) is 0 Å². The SMILES string of the molecule is CCCCC(CC)COC(=O)CC(O)(CC(=O)O)C(=O)O.O=C(O)C(=O)O.O=C(O)C(=O)O. The monoisotopic (exact) mass is 484 g/mol. The average molecular weight is 484 g/mol. The molecule has 0 aromatic heterocycles. The molecule has 190 valence electrons. The minimum atomic E-state index is -2.63. The summed E-state index contributed by atoms with van der Waals surface area (Å²) in [5, 5.41) is 56.7. The van der Waals surface area contributed by atoms with Crippen molar-refractivity contribution < 1.29 is 74.0 Å². The van der Waals surface area contributed by atoms with Gasteiger partial charge in [-0.1, -0.05) is 33.1 Å². The molecule has 0 aliphatic carbocycles. The summed E-state index contributed by atoms with van der Waals surface area (Å²) in [6.07, 6.45) is 1.84. The lowest BCUT2D eigenvalue weighted by atomic mass is 9.96. The molecule has 2 atom stereocenters. The Bertz CT molecular complexity index is 651. The number of hydrogen-bond donors (Lipinski definition) is 7. The van der Waals surface area contributed by atoms with E-state index in [0.717, 1.165) is 25.7 Å². The quantitative estimate of drug-likeness (QED) is 0.147. The van der Waals surface area contributed by atoms with Gasteiger partial charge in [-0.15, -0.1) is 0 Å². The molecule has 0 amide bonds. The molecule has 15 nitrogen and oxygen atoms in total. The maximum atomic E-state index is 11.6. The first-order chi connectivity index (χ1) is 15.0. The number of aliphatic hydroxyl groups is 1. The summed E-state index contributed by atoms with van der Waals surface area (Å²) < 4.78 is 4.96. The van der Waals surface area contributed by atoms with Gasteiger partial charge in [-0.3, -0.25) is 9.59 Å². The summed E-state index contributed by atoms with van der Waals surface area (Å²) in [5.41, 5.74) is -2.63.